The van der Waals surface area contributed by atoms with Gasteiger partial charge in [0.15, 0.2) is 0 Å². The lowest BCUT2D eigenvalue weighted by atomic mass is 9.90. The molecule has 1 fully saturated rings. The second-order valence-electron chi connectivity index (χ2n) is 8.24. The van der Waals surface area contributed by atoms with E-state index in [1.54, 1.807) is 0 Å². The Labute approximate surface area is 177 Å². The lowest BCUT2D eigenvalue weighted by Crippen LogP contribution is -2.45. The highest BCUT2D eigenvalue weighted by Crippen LogP contribution is 2.26. The summed E-state index contributed by atoms with van der Waals surface area (Å²) in [6.07, 6.45) is 7.42. The molecule has 0 saturated carbocycles. The van der Waals surface area contributed by atoms with Gasteiger partial charge in [0.2, 0.25) is 0 Å². The van der Waals surface area contributed by atoms with Gasteiger partial charge in [-0.25, -0.2) is 0 Å². The highest BCUT2D eigenvalue weighted by atomic mass is 16.5. The number of para-hydroxylation sites is 1. The minimum Gasteiger partial charge on any atom is -0.493 e. The van der Waals surface area contributed by atoms with Crippen LogP contribution in [0.25, 0.3) is 0 Å². The molecule has 29 heavy (non-hydrogen) atoms. The Morgan fingerprint density at radius 2 is 1.79 bits per heavy atom. The Hall–Kier alpha value is -1.84. The fourth-order valence-corrected chi connectivity index (χ4v) is 4.34. The van der Waals surface area contributed by atoms with Crippen molar-refractivity contribution in [1.82, 2.24) is 4.90 Å². The molecule has 0 spiro atoms. The number of unbranched alkanes of at least 4 members (excludes halogenated alkanes) is 2. The summed E-state index contributed by atoms with van der Waals surface area (Å²) in [6.45, 7) is 6.49. The van der Waals surface area contributed by atoms with Gasteiger partial charge in [0.05, 0.1) is 12.7 Å². The molecule has 3 rings (SSSR count). The molecule has 3 heteroatoms. The zero-order valence-corrected chi connectivity index (χ0v) is 18.2. The number of piperidine rings is 1. The predicted molar refractivity (Wildman–Crippen MR) is 121 cm³/mol. The van der Waals surface area contributed by atoms with Crippen molar-refractivity contribution in [2.24, 2.45) is 5.92 Å². The van der Waals surface area contributed by atoms with Crippen LogP contribution in [-0.2, 0) is 11.2 Å². The van der Waals surface area contributed by atoms with Crippen molar-refractivity contribution in [3.05, 3.63) is 65.7 Å². The fraction of sp³-hybridized carbons (Fsp3) is 0.538. The standard InChI is InChI=1S/C26H37NO2/c1-3-4-10-17-27-18-15-23(26(21-27)28-2)16-19-29-25-14-9-8-13-24(25)20-22-11-6-5-7-12-22/h5-9,11-14,23,26H,3-4,10,15-21H2,1-2H3. The number of benzene rings is 2. The lowest BCUT2D eigenvalue weighted by Gasteiger charge is -2.38. The lowest BCUT2D eigenvalue weighted by molar-refractivity contribution is -0.0180. The quantitative estimate of drug-likeness (QED) is 0.464. The first-order valence-electron chi connectivity index (χ1n) is 11.3. The van der Waals surface area contributed by atoms with E-state index in [2.05, 4.69) is 66.4 Å². The zero-order valence-electron chi connectivity index (χ0n) is 18.2. The molecule has 1 heterocycles. The van der Waals surface area contributed by atoms with E-state index in [1.165, 1.54) is 49.9 Å². The molecule has 1 aliphatic rings. The molecule has 0 N–H and O–H groups in total. The third-order valence-electron chi connectivity index (χ3n) is 6.12. The molecular formula is C26H37NO2. The van der Waals surface area contributed by atoms with Gasteiger partial charge in [0.25, 0.3) is 0 Å². The van der Waals surface area contributed by atoms with E-state index in [9.17, 15) is 0 Å². The van der Waals surface area contributed by atoms with Gasteiger partial charge in [0.1, 0.15) is 5.75 Å². The van der Waals surface area contributed by atoms with Gasteiger partial charge >= 0.3 is 0 Å². The van der Waals surface area contributed by atoms with Crippen LogP contribution in [0.5, 0.6) is 5.75 Å². The number of hydrogen-bond donors (Lipinski definition) is 0. The molecule has 0 bridgehead atoms. The molecule has 0 radical (unpaired) electrons. The third-order valence-corrected chi connectivity index (χ3v) is 6.12. The van der Waals surface area contributed by atoms with Gasteiger partial charge in [-0.1, -0.05) is 68.3 Å². The maximum Gasteiger partial charge on any atom is 0.122 e. The van der Waals surface area contributed by atoms with Crippen LogP contribution in [0.2, 0.25) is 0 Å². The Morgan fingerprint density at radius 1 is 1.00 bits per heavy atom. The summed E-state index contributed by atoms with van der Waals surface area (Å²) in [5.41, 5.74) is 2.58. The van der Waals surface area contributed by atoms with Crippen LogP contribution >= 0.6 is 0 Å². The molecule has 0 aromatic heterocycles. The summed E-state index contributed by atoms with van der Waals surface area (Å²) in [5, 5.41) is 0. The first-order valence-corrected chi connectivity index (χ1v) is 11.3. The van der Waals surface area contributed by atoms with E-state index < -0.39 is 0 Å². The summed E-state index contributed by atoms with van der Waals surface area (Å²) < 4.78 is 12.1. The Bertz CT molecular complexity index is 703. The Kier molecular flexibility index (Phi) is 9.04. The van der Waals surface area contributed by atoms with Gasteiger partial charge in [-0.3, -0.25) is 0 Å². The van der Waals surface area contributed by atoms with Crippen LogP contribution in [0.15, 0.2) is 54.6 Å². The van der Waals surface area contributed by atoms with Crippen LogP contribution in [-0.4, -0.2) is 44.4 Å². The highest BCUT2D eigenvalue weighted by molar-refractivity contribution is 5.37. The van der Waals surface area contributed by atoms with Crippen LogP contribution in [0, 0.1) is 5.92 Å². The minimum atomic E-state index is 0.327. The average molecular weight is 396 g/mol. The van der Waals surface area contributed by atoms with E-state index in [1.807, 2.05) is 7.11 Å². The summed E-state index contributed by atoms with van der Waals surface area (Å²) in [6, 6.07) is 19.0. The summed E-state index contributed by atoms with van der Waals surface area (Å²) in [7, 11) is 1.86. The largest absolute Gasteiger partial charge is 0.493 e. The monoisotopic (exact) mass is 395 g/mol. The number of ether oxygens (including phenoxy) is 2. The van der Waals surface area contributed by atoms with E-state index in [0.29, 0.717) is 12.0 Å². The van der Waals surface area contributed by atoms with Crippen molar-refractivity contribution in [3.63, 3.8) is 0 Å². The summed E-state index contributed by atoms with van der Waals surface area (Å²) in [4.78, 5) is 2.58. The third kappa shape index (κ3) is 6.87. The number of hydrogen-bond acceptors (Lipinski definition) is 3. The first-order chi connectivity index (χ1) is 14.3. The molecule has 158 valence electrons. The molecule has 1 saturated heterocycles. The van der Waals surface area contributed by atoms with Crippen LogP contribution in [0.3, 0.4) is 0 Å². The smallest absolute Gasteiger partial charge is 0.122 e. The normalized spacial score (nSPS) is 19.9. The molecule has 0 amide bonds. The topological polar surface area (TPSA) is 21.7 Å². The summed E-state index contributed by atoms with van der Waals surface area (Å²) in [5.74, 6) is 1.60. The van der Waals surface area contributed by atoms with E-state index in [-0.39, 0.29) is 0 Å². The summed E-state index contributed by atoms with van der Waals surface area (Å²) >= 11 is 0. The zero-order chi connectivity index (χ0) is 20.3. The van der Waals surface area contributed by atoms with Gasteiger partial charge in [-0.2, -0.15) is 0 Å². The Balaban J connectivity index is 1.48. The maximum absolute atomic E-state index is 6.24. The molecule has 2 unspecified atom stereocenters. The molecule has 3 nitrogen and oxygen atoms in total. The van der Waals surface area contributed by atoms with Gasteiger partial charge < -0.3 is 14.4 Å². The SMILES string of the molecule is CCCCCN1CCC(CCOc2ccccc2Cc2ccccc2)C(OC)C1. The average Bonchev–Trinajstić information content (AvgIpc) is 2.76. The molecule has 0 aliphatic carbocycles. The molecule has 2 aromatic carbocycles. The van der Waals surface area contributed by atoms with Gasteiger partial charge in [0, 0.05) is 20.1 Å². The second-order valence-corrected chi connectivity index (χ2v) is 8.24. The van der Waals surface area contributed by atoms with Crippen molar-refractivity contribution in [3.8, 4) is 5.75 Å². The fourth-order valence-electron chi connectivity index (χ4n) is 4.34. The number of methoxy groups -OCH3 is 1. The number of rotatable bonds is 11. The van der Waals surface area contributed by atoms with E-state index in [4.69, 9.17) is 9.47 Å². The van der Waals surface area contributed by atoms with Crippen LogP contribution in [0.4, 0.5) is 0 Å². The van der Waals surface area contributed by atoms with Crippen molar-refractivity contribution in [2.45, 2.75) is 51.6 Å². The highest BCUT2D eigenvalue weighted by Gasteiger charge is 2.28. The predicted octanol–water partition coefficient (Wildman–Crippen LogP) is 5.57. The number of likely N-dealkylation sites (tertiary alicyclic amines) is 1. The van der Waals surface area contributed by atoms with Crippen LogP contribution < -0.4 is 4.74 Å². The van der Waals surface area contributed by atoms with Crippen molar-refractivity contribution in [2.75, 3.05) is 33.4 Å². The van der Waals surface area contributed by atoms with E-state index in [0.717, 1.165) is 31.7 Å². The number of nitrogens with zero attached hydrogens (tertiary/aromatic N) is 1. The molecule has 2 aromatic rings. The van der Waals surface area contributed by atoms with Crippen molar-refractivity contribution >= 4 is 0 Å². The van der Waals surface area contributed by atoms with Crippen LogP contribution in [0.1, 0.15) is 50.2 Å². The molecule has 1 aliphatic heterocycles. The second kappa shape index (κ2) is 12.0. The van der Waals surface area contributed by atoms with E-state index >= 15 is 0 Å². The Morgan fingerprint density at radius 3 is 2.59 bits per heavy atom. The molecular weight excluding hydrogens is 358 g/mol. The van der Waals surface area contributed by atoms with Crippen molar-refractivity contribution in [1.29, 1.82) is 0 Å². The molecule has 2 atom stereocenters. The minimum absolute atomic E-state index is 0.327. The van der Waals surface area contributed by atoms with Gasteiger partial charge in [-0.05, 0) is 55.5 Å². The maximum atomic E-state index is 6.24. The first kappa shape index (κ1) is 21.9. The van der Waals surface area contributed by atoms with Crippen molar-refractivity contribution < 1.29 is 9.47 Å². The van der Waals surface area contributed by atoms with Gasteiger partial charge in [-0.15, -0.1) is 0 Å².